The van der Waals surface area contributed by atoms with Crippen LogP contribution < -0.4 is 0 Å². The van der Waals surface area contributed by atoms with Gasteiger partial charge in [-0.2, -0.15) is 0 Å². The third kappa shape index (κ3) is 5.36. The smallest absolute Gasteiger partial charge is 0.331 e. The zero-order valence-electron chi connectivity index (χ0n) is 11.1. The number of allylic oxidation sites excluding steroid dienone is 2. The molecule has 4 nitrogen and oxygen atoms in total. The fraction of sp³-hybridized carbons (Fsp3) is 0.643. The van der Waals surface area contributed by atoms with Crippen LogP contribution in [0, 0.1) is 0 Å². The molecule has 1 rings (SSSR count). The highest BCUT2D eigenvalue weighted by Gasteiger charge is 2.16. The summed E-state index contributed by atoms with van der Waals surface area (Å²) in [5.41, 5.74) is 0.950. The second-order valence-electron chi connectivity index (χ2n) is 4.40. The number of unbranched alkanes of at least 4 members (excludes halogenated alkanes) is 1. The molecule has 4 heteroatoms. The van der Waals surface area contributed by atoms with E-state index in [9.17, 15) is 4.79 Å². The molecule has 1 N–H and O–H groups in total. The van der Waals surface area contributed by atoms with E-state index in [1.54, 1.807) is 6.92 Å². The molecule has 1 aliphatic rings. The fourth-order valence-corrected chi connectivity index (χ4v) is 1.91. The first-order valence-electron chi connectivity index (χ1n) is 6.51. The van der Waals surface area contributed by atoms with Gasteiger partial charge in [0.25, 0.3) is 0 Å². The average Bonchev–Trinajstić information content (AvgIpc) is 2.28. The van der Waals surface area contributed by atoms with Crippen molar-refractivity contribution in [2.75, 3.05) is 13.2 Å². The van der Waals surface area contributed by atoms with Gasteiger partial charge in [0.15, 0.2) is 0 Å². The maximum Gasteiger partial charge on any atom is 0.331 e. The predicted molar refractivity (Wildman–Crippen MR) is 68.9 cm³/mol. The van der Waals surface area contributed by atoms with Crippen molar-refractivity contribution in [2.24, 2.45) is 0 Å². The van der Waals surface area contributed by atoms with Crippen LogP contribution in [0.15, 0.2) is 23.5 Å². The Bertz CT molecular complexity index is 331. The summed E-state index contributed by atoms with van der Waals surface area (Å²) in [4.78, 5) is 11.4. The van der Waals surface area contributed by atoms with Gasteiger partial charge in [0.1, 0.15) is 0 Å². The Morgan fingerprint density at radius 3 is 3.06 bits per heavy atom. The molecule has 0 aromatic rings. The molecule has 1 unspecified atom stereocenters. The van der Waals surface area contributed by atoms with Crippen LogP contribution in [0.3, 0.4) is 0 Å². The van der Waals surface area contributed by atoms with Gasteiger partial charge in [-0.3, -0.25) is 0 Å². The number of carbonyl (C=O) groups is 1. The Morgan fingerprint density at radius 2 is 2.39 bits per heavy atom. The van der Waals surface area contributed by atoms with Crippen molar-refractivity contribution in [3.05, 3.63) is 23.5 Å². The average molecular weight is 254 g/mol. The first kappa shape index (κ1) is 14.8. The first-order chi connectivity index (χ1) is 8.65. The van der Waals surface area contributed by atoms with Crippen LogP contribution in [-0.4, -0.2) is 30.4 Å². The standard InChI is InChI=1S/C14H22O4/c1-3-17-14(16)10-12-8-11(2)18-13(9-12)6-4-5-7-15/h9-11,15H,3-8H2,1-2H3/b12-10-. The molecule has 0 aliphatic carbocycles. The summed E-state index contributed by atoms with van der Waals surface area (Å²) in [6.45, 7) is 4.37. The number of aliphatic hydroxyl groups is 1. The molecule has 102 valence electrons. The molecule has 0 aromatic carbocycles. The molecule has 0 amide bonds. The van der Waals surface area contributed by atoms with E-state index in [1.807, 2.05) is 13.0 Å². The molecule has 0 bridgehead atoms. The topological polar surface area (TPSA) is 55.8 Å². The molecule has 0 fully saturated rings. The number of rotatable bonds is 6. The highest BCUT2D eigenvalue weighted by Crippen LogP contribution is 2.24. The summed E-state index contributed by atoms with van der Waals surface area (Å²) < 4.78 is 10.6. The number of carbonyl (C=O) groups excluding carboxylic acids is 1. The lowest BCUT2D eigenvalue weighted by Gasteiger charge is -2.23. The monoisotopic (exact) mass is 254 g/mol. The van der Waals surface area contributed by atoms with E-state index < -0.39 is 0 Å². The van der Waals surface area contributed by atoms with E-state index in [0.29, 0.717) is 6.61 Å². The molecular weight excluding hydrogens is 232 g/mol. The summed E-state index contributed by atoms with van der Waals surface area (Å²) in [5, 5.41) is 8.74. The molecule has 1 heterocycles. The molecule has 1 aliphatic heterocycles. The van der Waals surface area contributed by atoms with Crippen LogP contribution in [0.5, 0.6) is 0 Å². The van der Waals surface area contributed by atoms with E-state index in [0.717, 1.165) is 37.0 Å². The van der Waals surface area contributed by atoms with Gasteiger partial charge in [0.05, 0.1) is 18.5 Å². The molecule has 0 radical (unpaired) electrons. The minimum atomic E-state index is -0.299. The summed E-state index contributed by atoms with van der Waals surface area (Å²) >= 11 is 0. The minimum absolute atomic E-state index is 0.0832. The fourth-order valence-electron chi connectivity index (χ4n) is 1.91. The van der Waals surface area contributed by atoms with E-state index in [4.69, 9.17) is 14.6 Å². The van der Waals surface area contributed by atoms with Gasteiger partial charge in [-0.05, 0) is 38.3 Å². The second kappa shape index (κ2) is 7.93. The highest BCUT2D eigenvalue weighted by molar-refractivity contribution is 5.83. The Balaban J connectivity index is 2.61. The van der Waals surface area contributed by atoms with E-state index in [-0.39, 0.29) is 18.7 Å². The molecule has 18 heavy (non-hydrogen) atoms. The Morgan fingerprint density at radius 1 is 1.61 bits per heavy atom. The van der Waals surface area contributed by atoms with Crippen LogP contribution in [0.1, 0.15) is 39.5 Å². The summed E-state index contributed by atoms with van der Waals surface area (Å²) in [6.07, 6.45) is 6.71. The second-order valence-corrected chi connectivity index (χ2v) is 4.40. The van der Waals surface area contributed by atoms with Crippen LogP contribution in [0.25, 0.3) is 0 Å². The van der Waals surface area contributed by atoms with Crippen LogP contribution >= 0.6 is 0 Å². The van der Waals surface area contributed by atoms with Crippen LogP contribution in [0.2, 0.25) is 0 Å². The van der Waals surface area contributed by atoms with Gasteiger partial charge in [-0.25, -0.2) is 4.79 Å². The van der Waals surface area contributed by atoms with Gasteiger partial charge < -0.3 is 14.6 Å². The predicted octanol–water partition coefficient (Wildman–Crippen LogP) is 2.33. The van der Waals surface area contributed by atoms with Crippen LogP contribution in [0.4, 0.5) is 0 Å². The highest BCUT2D eigenvalue weighted by atomic mass is 16.5. The largest absolute Gasteiger partial charge is 0.495 e. The van der Waals surface area contributed by atoms with E-state index in [2.05, 4.69) is 0 Å². The quantitative estimate of drug-likeness (QED) is 0.449. The van der Waals surface area contributed by atoms with Gasteiger partial charge in [0, 0.05) is 25.5 Å². The zero-order chi connectivity index (χ0) is 13.4. The maximum atomic E-state index is 11.4. The SMILES string of the molecule is CCOC(=O)/C=C1\C=C(CCCCO)OC(C)C1. The lowest BCUT2D eigenvalue weighted by Crippen LogP contribution is -2.15. The molecule has 0 spiro atoms. The van der Waals surface area contributed by atoms with E-state index >= 15 is 0 Å². The maximum absolute atomic E-state index is 11.4. The molecule has 1 atom stereocenters. The summed E-state index contributed by atoms with van der Waals surface area (Å²) in [6, 6.07) is 0. The van der Waals surface area contributed by atoms with E-state index in [1.165, 1.54) is 6.08 Å². The molecule has 0 saturated carbocycles. The van der Waals surface area contributed by atoms with Crippen molar-refractivity contribution in [2.45, 2.75) is 45.6 Å². The minimum Gasteiger partial charge on any atom is -0.495 e. The van der Waals surface area contributed by atoms with Crippen molar-refractivity contribution in [3.8, 4) is 0 Å². The summed E-state index contributed by atoms with van der Waals surface area (Å²) in [5.74, 6) is 0.588. The number of esters is 1. The zero-order valence-corrected chi connectivity index (χ0v) is 11.1. The number of hydrogen-bond donors (Lipinski definition) is 1. The van der Waals surface area contributed by atoms with Crippen molar-refractivity contribution in [3.63, 3.8) is 0 Å². The number of ether oxygens (including phenoxy) is 2. The Labute approximate surface area is 108 Å². The number of hydrogen-bond acceptors (Lipinski definition) is 4. The van der Waals surface area contributed by atoms with Gasteiger partial charge >= 0.3 is 5.97 Å². The van der Waals surface area contributed by atoms with Gasteiger partial charge in [-0.15, -0.1) is 0 Å². The summed E-state index contributed by atoms with van der Waals surface area (Å²) in [7, 11) is 0. The van der Waals surface area contributed by atoms with Crippen molar-refractivity contribution in [1.82, 2.24) is 0 Å². The number of aliphatic hydroxyl groups excluding tert-OH is 1. The van der Waals surface area contributed by atoms with Crippen LogP contribution in [-0.2, 0) is 14.3 Å². The third-order valence-corrected chi connectivity index (χ3v) is 2.64. The first-order valence-corrected chi connectivity index (χ1v) is 6.51. The molecule has 0 aromatic heterocycles. The van der Waals surface area contributed by atoms with Crippen molar-refractivity contribution >= 4 is 5.97 Å². The lowest BCUT2D eigenvalue weighted by atomic mass is 10.0. The third-order valence-electron chi connectivity index (χ3n) is 2.64. The Kier molecular flexibility index (Phi) is 6.50. The lowest BCUT2D eigenvalue weighted by molar-refractivity contribution is -0.137. The van der Waals surface area contributed by atoms with Crippen molar-refractivity contribution < 1.29 is 19.4 Å². The molecular formula is C14H22O4. The normalized spacial score (nSPS) is 21.4. The molecule has 0 saturated heterocycles. The van der Waals surface area contributed by atoms with Gasteiger partial charge in [0.2, 0.25) is 0 Å². The van der Waals surface area contributed by atoms with Gasteiger partial charge in [-0.1, -0.05) is 0 Å². The van der Waals surface area contributed by atoms with Crippen molar-refractivity contribution in [1.29, 1.82) is 0 Å². The Hall–Kier alpha value is -1.29.